The summed E-state index contributed by atoms with van der Waals surface area (Å²) in [6.45, 7) is 0. The van der Waals surface area contributed by atoms with Crippen LogP contribution in [0.25, 0.3) is 11.0 Å². The number of amides is 1. The minimum absolute atomic E-state index is 0.188. The van der Waals surface area contributed by atoms with Crippen LogP contribution in [0.3, 0.4) is 0 Å². The predicted molar refractivity (Wildman–Crippen MR) is 85.3 cm³/mol. The molecular formula is C18H21N3O. The van der Waals surface area contributed by atoms with E-state index in [2.05, 4.69) is 15.3 Å². The topological polar surface area (TPSA) is 57.8 Å². The first-order chi connectivity index (χ1) is 10.8. The summed E-state index contributed by atoms with van der Waals surface area (Å²) < 4.78 is 0. The Labute approximate surface area is 129 Å². The van der Waals surface area contributed by atoms with Gasteiger partial charge in [-0.3, -0.25) is 10.1 Å². The third kappa shape index (κ3) is 1.89. The molecule has 22 heavy (non-hydrogen) atoms. The number of benzene rings is 1. The fraction of sp³-hybridized carbons (Fsp3) is 0.556. The molecule has 1 amide bonds. The summed E-state index contributed by atoms with van der Waals surface area (Å²) in [5.41, 5.74) is 1.88. The zero-order valence-corrected chi connectivity index (χ0v) is 12.6. The molecule has 4 aliphatic rings. The Bertz CT molecular complexity index is 674. The number of carbonyl (C=O) groups excluding carboxylic acids is 1. The fourth-order valence-electron chi connectivity index (χ4n) is 5.57. The van der Waals surface area contributed by atoms with Gasteiger partial charge < -0.3 is 4.98 Å². The van der Waals surface area contributed by atoms with Crippen LogP contribution in [-0.4, -0.2) is 15.9 Å². The van der Waals surface area contributed by atoms with Crippen LogP contribution < -0.4 is 5.32 Å². The standard InChI is InChI=1S/C18H21N3O/c22-17(21-18-19-14-3-1-2-4-15(14)20-18)16-12-6-10-5-11(8-12)9-13(16)7-10/h1-4,10-13,16H,5-9H2,(H2,19,20,21,22). The quantitative estimate of drug-likeness (QED) is 0.889. The summed E-state index contributed by atoms with van der Waals surface area (Å²) >= 11 is 0. The van der Waals surface area contributed by atoms with Gasteiger partial charge in [0.15, 0.2) is 0 Å². The van der Waals surface area contributed by atoms with Crippen molar-refractivity contribution in [3.63, 3.8) is 0 Å². The van der Waals surface area contributed by atoms with Gasteiger partial charge in [0.25, 0.3) is 0 Å². The number of imidazole rings is 1. The Morgan fingerprint density at radius 3 is 2.41 bits per heavy atom. The van der Waals surface area contributed by atoms with Gasteiger partial charge in [-0.15, -0.1) is 0 Å². The fourth-order valence-corrected chi connectivity index (χ4v) is 5.57. The number of hydrogen-bond donors (Lipinski definition) is 2. The number of H-pyrrole nitrogens is 1. The Morgan fingerprint density at radius 2 is 1.73 bits per heavy atom. The number of aromatic amines is 1. The average molecular weight is 295 g/mol. The third-order valence-corrected chi connectivity index (χ3v) is 6.16. The number of nitrogens with one attached hydrogen (secondary N) is 2. The highest BCUT2D eigenvalue weighted by Gasteiger charge is 2.50. The van der Waals surface area contributed by atoms with Crippen molar-refractivity contribution < 1.29 is 4.79 Å². The number of carbonyl (C=O) groups is 1. The van der Waals surface area contributed by atoms with Crippen LogP contribution in [0, 0.1) is 29.6 Å². The molecule has 0 radical (unpaired) electrons. The van der Waals surface area contributed by atoms with E-state index in [0.29, 0.717) is 17.8 Å². The van der Waals surface area contributed by atoms with E-state index >= 15 is 0 Å². The first-order valence-corrected chi connectivity index (χ1v) is 8.52. The molecule has 2 aromatic rings. The van der Waals surface area contributed by atoms with E-state index in [1.165, 1.54) is 32.1 Å². The van der Waals surface area contributed by atoms with Crippen molar-refractivity contribution in [1.29, 1.82) is 0 Å². The molecule has 4 fully saturated rings. The van der Waals surface area contributed by atoms with E-state index in [4.69, 9.17) is 0 Å². The third-order valence-electron chi connectivity index (χ3n) is 6.16. The molecule has 114 valence electrons. The maximum Gasteiger partial charge on any atom is 0.230 e. The second kappa shape index (κ2) is 4.58. The molecule has 0 saturated heterocycles. The van der Waals surface area contributed by atoms with E-state index in [0.717, 1.165) is 22.9 Å². The highest BCUT2D eigenvalue weighted by Crippen LogP contribution is 2.56. The molecule has 0 aliphatic heterocycles. The molecule has 4 aliphatic carbocycles. The summed E-state index contributed by atoms with van der Waals surface area (Å²) in [6, 6.07) is 7.89. The van der Waals surface area contributed by atoms with Crippen LogP contribution in [0.1, 0.15) is 32.1 Å². The zero-order chi connectivity index (χ0) is 14.7. The van der Waals surface area contributed by atoms with Gasteiger partial charge in [0.2, 0.25) is 11.9 Å². The number of hydrogen-bond acceptors (Lipinski definition) is 2. The Hall–Kier alpha value is -1.84. The molecule has 0 unspecified atom stereocenters. The molecule has 1 aromatic heterocycles. The minimum Gasteiger partial charge on any atom is -0.324 e. The Balaban J connectivity index is 1.38. The molecule has 4 nitrogen and oxygen atoms in total. The van der Waals surface area contributed by atoms with Gasteiger partial charge in [-0.05, 0) is 67.9 Å². The monoisotopic (exact) mass is 295 g/mol. The van der Waals surface area contributed by atoms with Crippen LogP contribution in [0.5, 0.6) is 0 Å². The van der Waals surface area contributed by atoms with Gasteiger partial charge in [0.05, 0.1) is 11.0 Å². The molecule has 0 atom stereocenters. The van der Waals surface area contributed by atoms with Crippen molar-refractivity contribution in [3.05, 3.63) is 24.3 Å². The lowest BCUT2D eigenvalue weighted by Gasteiger charge is -2.53. The highest BCUT2D eigenvalue weighted by atomic mass is 16.2. The SMILES string of the molecule is O=C(Nc1nc2ccccc2[nH]1)C1C2CC3CC(C2)CC1C3. The number of para-hydroxylation sites is 2. The second-order valence-electron chi connectivity index (χ2n) is 7.55. The Kier molecular flexibility index (Phi) is 2.64. The van der Waals surface area contributed by atoms with Crippen molar-refractivity contribution in [1.82, 2.24) is 9.97 Å². The zero-order valence-electron chi connectivity index (χ0n) is 12.6. The highest BCUT2D eigenvalue weighted by molar-refractivity contribution is 5.93. The van der Waals surface area contributed by atoms with Crippen LogP contribution in [0.15, 0.2) is 24.3 Å². The van der Waals surface area contributed by atoms with E-state index in [9.17, 15) is 4.79 Å². The molecule has 6 rings (SSSR count). The van der Waals surface area contributed by atoms with Crippen molar-refractivity contribution >= 4 is 22.9 Å². The van der Waals surface area contributed by atoms with E-state index in [1.54, 1.807) is 0 Å². The van der Waals surface area contributed by atoms with Gasteiger partial charge in [0, 0.05) is 5.92 Å². The lowest BCUT2D eigenvalue weighted by Crippen LogP contribution is -2.49. The van der Waals surface area contributed by atoms with Gasteiger partial charge >= 0.3 is 0 Å². The second-order valence-corrected chi connectivity index (χ2v) is 7.55. The van der Waals surface area contributed by atoms with E-state index in [1.807, 2.05) is 24.3 Å². The van der Waals surface area contributed by atoms with Gasteiger partial charge in [-0.25, -0.2) is 4.98 Å². The smallest absolute Gasteiger partial charge is 0.230 e. The maximum absolute atomic E-state index is 12.8. The van der Waals surface area contributed by atoms with Crippen LogP contribution >= 0.6 is 0 Å². The summed E-state index contributed by atoms with van der Waals surface area (Å²) in [6.07, 6.45) is 6.50. The number of nitrogens with zero attached hydrogens (tertiary/aromatic N) is 1. The van der Waals surface area contributed by atoms with Gasteiger partial charge in [0.1, 0.15) is 0 Å². The van der Waals surface area contributed by atoms with Gasteiger partial charge in [-0.1, -0.05) is 12.1 Å². The molecular weight excluding hydrogens is 274 g/mol. The van der Waals surface area contributed by atoms with Crippen LogP contribution in [-0.2, 0) is 4.79 Å². The van der Waals surface area contributed by atoms with Crippen molar-refractivity contribution in [3.8, 4) is 0 Å². The van der Waals surface area contributed by atoms with Crippen molar-refractivity contribution in [2.45, 2.75) is 32.1 Å². The first-order valence-electron chi connectivity index (χ1n) is 8.52. The summed E-state index contributed by atoms with van der Waals surface area (Å²) in [5, 5.41) is 3.05. The largest absolute Gasteiger partial charge is 0.324 e. The molecule has 4 heteroatoms. The molecule has 2 N–H and O–H groups in total. The summed E-state index contributed by atoms with van der Waals surface area (Å²) in [5.74, 6) is 4.02. The van der Waals surface area contributed by atoms with E-state index < -0.39 is 0 Å². The lowest BCUT2D eigenvalue weighted by atomic mass is 9.51. The van der Waals surface area contributed by atoms with Crippen LogP contribution in [0.2, 0.25) is 0 Å². The molecule has 0 spiro atoms. The molecule has 4 bridgehead atoms. The average Bonchev–Trinajstić information content (AvgIpc) is 2.88. The number of aromatic nitrogens is 2. The van der Waals surface area contributed by atoms with Gasteiger partial charge in [-0.2, -0.15) is 0 Å². The molecule has 1 aromatic carbocycles. The maximum atomic E-state index is 12.8. The first kappa shape index (κ1) is 12.7. The van der Waals surface area contributed by atoms with E-state index in [-0.39, 0.29) is 11.8 Å². The summed E-state index contributed by atoms with van der Waals surface area (Å²) in [4.78, 5) is 20.5. The lowest BCUT2D eigenvalue weighted by molar-refractivity contribution is -0.132. The number of anilines is 1. The van der Waals surface area contributed by atoms with Crippen molar-refractivity contribution in [2.75, 3.05) is 5.32 Å². The van der Waals surface area contributed by atoms with Crippen LogP contribution in [0.4, 0.5) is 5.95 Å². The number of fused-ring (bicyclic) bond motifs is 1. The molecule has 1 heterocycles. The number of rotatable bonds is 2. The summed E-state index contributed by atoms with van der Waals surface area (Å²) in [7, 11) is 0. The Morgan fingerprint density at radius 1 is 1.05 bits per heavy atom. The van der Waals surface area contributed by atoms with Crippen molar-refractivity contribution in [2.24, 2.45) is 29.6 Å². The normalized spacial score (nSPS) is 35.9. The minimum atomic E-state index is 0.188. The predicted octanol–water partition coefficient (Wildman–Crippen LogP) is 3.57. The molecule has 4 saturated carbocycles.